The number of fused-ring (bicyclic) bond motifs is 1. The number of H-pyrrole nitrogens is 1. The summed E-state index contributed by atoms with van der Waals surface area (Å²) in [5, 5.41) is 7.60. The smallest absolute Gasteiger partial charge is 0.268 e. The van der Waals surface area contributed by atoms with Gasteiger partial charge in [-0.1, -0.05) is 17.7 Å². The molecule has 2 atom stereocenters. The van der Waals surface area contributed by atoms with Gasteiger partial charge in [0.05, 0.1) is 0 Å². The number of nitrogens with one attached hydrogen (secondary N) is 3. The number of amides is 2. The van der Waals surface area contributed by atoms with Gasteiger partial charge in [0, 0.05) is 51.5 Å². The minimum atomic E-state index is -0.212. The summed E-state index contributed by atoms with van der Waals surface area (Å²) in [4.78, 5) is 40.8. The summed E-state index contributed by atoms with van der Waals surface area (Å²) in [6, 6.07) is 18.7. The first kappa shape index (κ1) is 22.0. The van der Waals surface area contributed by atoms with Gasteiger partial charge in [-0.25, -0.2) is 0 Å². The van der Waals surface area contributed by atoms with Crippen LogP contribution in [0.5, 0.6) is 0 Å². The molecule has 8 heteroatoms. The summed E-state index contributed by atoms with van der Waals surface area (Å²) in [5.41, 5.74) is 2.35. The molecule has 0 saturated heterocycles. The van der Waals surface area contributed by atoms with Gasteiger partial charge in [0.25, 0.3) is 17.4 Å². The van der Waals surface area contributed by atoms with Crippen molar-refractivity contribution >= 4 is 34.3 Å². The van der Waals surface area contributed by atoms with E-state index in [4.69, 9.17) is 11.6 Å². The van der Waals surface area contributed by atoms with Crippen LogP contribution in [0.4, 0.5) is 0 Å². The maximum atomic E-state index is 12.9. The zero-order valence-electron chi connectivity index (χ0n) is 18.3. The number of carbonyl (C=O) groups excluding carboxylic acids is 2. The number of aromatic amines is 1. The molecule has 3 N–H and O–H groups in total. The fraction of sp³-hybridized carbons (Fsp3) is 0.192. The van der Waals surface area contributed by atoms with Gasteiger partial charge in [-0.05, 0) is 73.9 Å². The lowest BCUT2D eigenvalue weighted by molar-refractivity contribution is 0.0889. The van der Waals surface area contributed by atoms with Crippen LogP contribution >= 0.6 is 11.6 Å². The molecule has 0 bridgehead atoms. The number of pyridine rings is 1. The third kappa shape index (κ3) is 4.47. The molecule has 1 fully saturated rings. The summed E-state index contributed by atoms with van der Waals surface area (Å²) in [6.45, 7) is 0. The highest BCUT2D eigenvalue weighted by molar-refractivity contribution is 6.31. The summed E-state index contributed by atoms with van der Waals surface area (Å²) >= 11 is 6.04. The molecule has 1 saturated carbocycles. The zero-order chi connectivity index (χ0) is 23.7. The van der Waals surface area contributed by atoms with Crippen molar-refractivity contribution in [2.45, 2.75) is 31.3 Å². The summed E-state index contributed by atoms with van der Waals surface area (Å²) in [7, 11) is 0. The third-order valence-electron chi connectivity index (χ3n) is 6.21. The van der Waals surface area contributed by atoms with Crippen molar-refractivity contribution in [3.05, 3.63) is 99.6 Å². The molecule has 2 heterocycles. The van der Waals surface area contributed by atoms with Crippen molar-refractivity contribution in [3.8, 4) is 5.69 Å². The van der Waals surface area contributed by atoms with E-state index in [1.54, 1.807) is 54.7 Å². The summed E-state index contributed by atoms with van der Waals surface area (Å²) in [6.07, 6.45) is 4.17. The molecule has 1 aliphatic rings. The predicted molar refractivity (Wildman–Crippen MR) is 132 cm³/mol. The SMILES string of the molecule is O=C(N[C@H]1CCC[C@H]1NC(=O)c1cc2cc(Cl)ccc2[nH]1)c1ccc(-n2ccccc2=O)cc1. The first-order chi connectivity index (χ1) is 16.5. The van der Waals surface area contributed by atoms with Crippen LogP contribution in [0.3, 0.4) is 0 Å². The number of carbonyl (C=O) groups is 2. The number of hydrogen-bond donors (Lipinski definition) is 3. The number of hydrogen-bond acceptors (Lipinski definition) is 3. The topological polar surface area (TPSA) is 96.0 Å². The lowest BCUT2D eigenvalue weighted by atomic mass is 10.1. The third-order valence-corrected chi connectivity index (χ3v) is 6.44. The Morgan fingerprint density at radius 3 is 2.38 bits per heavy atom. The van der Waals surface area contributed by atoms with Crippen molar-refractivity contribution in [2.75, 3.05) is 0 Å². The highest BCUT2D eigenvalue weighted by Crippen LogP contribution is 2.23. The van der Waals surface area contributed by atoms with Crippen LogP contribution in [-0.4, -0.2) is 33.4 Å². The van der Waals surface area contributed by atoms with Crippen LogP contribution in [-0.2, 0) is 0 Å². The fourth-order valence-electron chi connectivity index (χ4n) is 4.44. The van der Waals surface area contributed by atoms with Crippen LogP contribution in [0.15, 0.2) is 77.7 Å². The van der Waals surface area contributed by atoms with E-state index in [0.29, 0.717) is 22.0 Å². The molecule has 2 aromatic heterocycles. The van der Waals surface area contributed by atoms with Crippen molar-refractivity contribution in [1.82, 2.24) is 20.2 Å². The van der Waals surface area contributed by atoms with E-state index in [1.165, 1.54) is 10.6 Å². The molecular weight excluding hydrogens is 452 g/mol. The molecule has 0 unspecified atom stereocenters. The predicted octanol–water partition coefficient (Wildman–Crippen LogP) is 4.05. The highest BCUT2D eigenvalue weighted by Gasteiger charge is 2.30. The fourth-order valence-corrected chi connectivity index (χ4v) is 4.62. The molecule has 2 aromatic carbocycles. The van der Waals surface area contributed by atoms with Crippen LogP contribution in [0, 0.1) is 0 Å². The molecule has 4 aromatic rings. The van der Waals surface area contributed by atoms with Crippen molar-refractivity contribution < 1.29 is 9.59 Å². The Morgan fingerprint density at radius 1 is 0.912 bits per heavy atom. The first-order valence-corrected chi connectivity index (χ1v) is 11.5. The Kier molecular flexibility index (Phi) is 5.94. The molecule has 7 nitrogen and oxygen atoms in total. The number of benzene rings is 2. The van der Waals surface area contributed by atoms with Gasteiger partial charge in [0.15, 0.2) is 0 Å². The second-order valence-electron chi connectivity index (χ2n) is 8.46. The molecule has 1 aliphatic carbocycles. The second kappa shape index (κ2) is 9.19. The van der Waals surface area contributed by atoms with E-state index < -0.39 is 0 Å². The maximum absolute atomic E-state index is 12.9. The van der Waals surface area contributed by atoms with E-state index in [1.807, 2.05) is 12.1 Å². The molecule has 172 valence electrons. The minimum Gasteiger partial charge on any atom is -0.351 e. The van der Waals surface area contributed by atoms with Gasteiger partial charge in [-0.2, -0.15) is 0 Å². The standard InChI is InChI=1S/C26H23ClN4O3/c27-18-9-12-20-17(14-18)15-23(28-20)26(34)30-22-5-3-4-21(22)29-25(33)16-7-10-19(11-8-16)31-13-2-1-6-24(31)32/h1-2,6-15,21-22,28H,3-5H2,(H,29,33)(H,30,34)/t21-,22+/m0/s1. The quantitative estimate of drug-likeness (QED) is 0.407. The first-order valence-electron chi connectivity index (χ1n) is 11.2. The van der Waals surface area contributed by atoms with Crippen LogP contribution in [0.25, 0.3) is 16.6 Å². The van der Waals surface area contributed by atoms with E-state index in [0.717, 1.165) is 30.2 Å². The molecule has 2 amide bonds. The molecule has 0 aliphatic heterocycles. The Balaban J connectivity index is 1.25. The van der Waals surface area contributed by atoms with Gasteiger partial charge in [0.1, 0.15) is 5.69 Å². The summed E-state index contributed by atoms with van der Waals surface area (Å²) < 4.78 is 1.52. The summed E-state index contributed by atoms with van der Waals surface area (Å²) in [5.74, 6) is -0.422. The van der Waals surface area contributed by atoms with E-state index >= 15 is 0 Å². The van der Waals surface area contributed by atoms with Gasteiger partial charge in [-0.15, -0.1) is 0 Å². The van der Waals surface area contributed by atoms with Crippen LogP contribution in [0.1, 0.15) is 40.1 Å². The van der Waals surface area contributed by atoms with E-state index in [-0.39, 0.29) is 29.5 Å². The molecule has 5 rings (SSSR count). The Bertz CT molecular complexity index is 1420. The largest absolute Gasteiger partial charge is 0.351 e. The zero-order valence-corrected chi connectivity index (χ0v) is 19.0. The molecule has 34 heavy (non-hydrogen) atoms. The number of rotatable bonds is 5. The van der Waals surface area contributed by atoms with Crippen molar-refractivity contribution in [3.63, 3.8) is 0 Å². The Labute approximate surface area is 200 Å². The molecule has 0 spiro atoms. The number of halogens is 1. The minimum absolute atomic E-state index is 0.137. The van der Waals surface area contributed by atoms with Gasteiger partial charge >= 0.3 is 0 Å². The van der Waals surface area contributed by atoms with Crippen molar-refractivity contribution in [2.24, 2.45) is 0 Å². The maximum Gasteiger partial charge on any atom is 0.268 e. The molecule has 0 radical (unpaired) electrons. The van der Waals surface area contributed by atoms with Gasteiger partial charge < -0.3 is 15.6 Å². The van der Waals surface area contributed by atoms with Gasteiger partial charge in [0.2, 0.25) is 0 Å². The van der Waals surface area contributed by atoms with E-state index in [9.17, 15) is 14.4 Å². The van der Waals surface area contributed by atoms with Crippen LogP contribution in [0.2, 0.25) is 5.02 Å². The number of aromatic nitrogens is 2. The normalized spacial score (nSPS) is 17.6. The number of nitrogens with zero attached hydrogens (tertiary/aromatic N) is 1. The second-order valence-corrected chi connectivity index (χ2v) is 8.90. The van der Waals surface area contributed by atoms with Gasteiger partial charge in [-0.3, -0.25) is 19.0 Å². The Hall–Kier alpha value is -3.84. The lowest BCUT2D eigenvalue weighted by Crippen LogP contribution is -2.48. The molecular formula is C26H23ClN4O3. The van der Waals surface area contributed by atoms with Crippen LogP contribution < -0.4 is 16.2 Å². The Morgan fingerprint density at radius 2 is 1.65 bits per heavy atom. The monoisotopic (exact) mass is 474 g/mol. The highest BCUT2D eigenvalue weighted by atomic mass is 35.5. The lowest BCUT2D eigenvalue weighted by Gasteiger charge is -2.22. The average molecular weight is 475 g/mol. The van der Waals surface area contributed by atoms with E-state index in [2.05, 4.69) is 15.6 Å². The van der Waals surface area contributed by atoms with Crippen molar-refractivity contribution in [1.29, 1.82) is 0 Å². The average Bonchev–Trinajstić information content (AvgIpc) is 3.46.